The van der Waals surface area contributed by atoms with Crippen LogP contribution in [0.5, 0.6) is 0 Å². The Morgan fingerprint density at radius 2 is 2.07 bits per heavy atom. The summed E-state index contributed by atoms with van der Waals surface area (Å²) in [7, 11) is 0. The maximum Gasteiger partial charge on any atom is 0.254 e. The van der Waals surface area contributed by atoms with Crippen LogP contribution in [0.4, 0.5) is 0 Å². The number of nitrogens with zero attached hydrogens (tertiary/aromatic N) is 5. The van der Waals surface area contributed by atoms with E-state index >= 15 is 0 Å². The third-order valence-corrected chi connectivity index (χ3v) is 5.06. The minimum absolute atomic E-state index is 0.0721. The highest BCUT2D eigenvalue weighted by atomic mass is 16.3. The zero-order chi connectivity index (χ0) is 19.3. The van der Waals surface area contributed by atoms with Crippen molar-refractivity contribution in [1.82, 2.24) is 25.1 Å². The molecular weight excluding hydrogens is 358 g/mol. The van der Waals surface area contributed by atoms with Gasteiger partial charge in [-0.3, -0.25) is 9.59 Å². The summed E-state index contributed by atoms with van der Waals surface area (Å²) in [5, 5.41) is 11.1. The molecule has 1 amide bonds. The van der Waals surface area contributed by atoms with Gasteiger partial charge in [0.15, 0.2) is 11.5 Å². The number of aromatic nitrogens is 4. The zero-order valence-corrected chi connectivity index (χ0v) is 15.4. The topological polar surface area (TPSA) is 94.1 Å². The van der Waals surface area contributed by atoms with Gasteiger partial charge < -0.3 is 9.32 Å². The highest BCUT2D eigenvalue weighted by molar-refractivity contribution is 5.97. The molecule has 3 heterocycles. The van der Waals surface area contributed by atoms with Gasteiger partial charge in [0.25, 0.3) is 5.91 Å². The molecule has 0 N–H and O–H groups in total. The number of ketones is 1. The van der Waals surface area contributed by atoms with Crippen LogP contribution in [0.2, 0.25) is 0 Å². The van der Waals surface area contributed by atoms with Gasteiger partial charge in [-0.05, 0) is 53.6 Å². The Hall–Kier alpha value is -3.29. The molecular formula is C20H21N5O3. The second-order valence-electron chi connectivity index (χ2n) is 6.91. The van der Waals surface area contributed by atoms with E-state index in [0.29, 0.717) is 23.6 Å². The van der Waals surface area contributed by atoms with E-state index in [1.54, 1.807) is 24.3 Å². The molecule has 1 saturated heterocycles. The summed E-state index contributed by atoms with van der Waals surface area (Å²) in [5.41, 5.74) is 1.28. The number of likely N-dealkylation sites (tertiary alicyclic amines) is 1. The van der Waals surface area contributed by atoms with Gasteiger partial charge in [-0.2, -0.15) is 0 Å². The number of tetrazole rings is 1. The number of Topliss-reactive ketones (excluding diaryl/α,β-unsaturated/α-hetero) is 1. The van der Waals surface area contributed by atoms with Crippen molar-refractivity contribution < 1.29 is 14.0 Å². The highest BCUT2D eigenvalue weighted by Gasteiger charge is 2.29. The van der Waals surface area contributed by atoms with E-state index in [9.17, 15) is 9.59 Å². The van der Waals surface area contributed by atoms with Gasteiger partial charge in [-0.25, -0.2) is 4.68 Å². The van der Waals surface area contributed by atoms with E-state index < -0.39 is 0 Å². The molecule has 4 rings (SSSR count). The number of carbonyl (C=O) groups is 2. The molecule has 1 atom stereocenters. The molecule has 0 radical (unpaired) electrons. The molecule has 0 bridgehead atoms. The Kier molecular flexibility index (Phi) is 5.27. The van der Waals surface area contributed by atoms with Crippen LogP contribution < -0.4 is 0 Å². The predicted molar refractivity (Wildman–Crippen MR) is 100 cm³/mol. The minimum atomic E-state index is -0.135. The lowest BCUT2D eigenvalue weighted by Crippen LogP contribution is -2.41. The molecule has 0 saturated carbocycles. The first-order valence-corrected chi connectivity index (χ1v) is 9.43. The second-order valence-corrected chi connectivity index (χ2v) is 6.91. The maximum atomic E-state index is 13.3. The Morgan fingerprint density at radius 3 is 2.86 bits per heavy atom. The largest absolute Gasteiger partial charge is 0.461 e. The standard InChI is InChI=1S/C20H21N5O3/c26-18(19-9-5-11-28-19)13-16-7-2-1-3-10-24(16)20(27)15-6-4-8-17(12-15)25-14-21-22-23-25/h4-6,8-9,11-12,14,16H,1-3,7,10,13H2. The monoisotopic (exact) mass is 379 g/mol. The number of amides is 1. The first-order valence-electron chi connectivity index (χ1n) is 9.43. The lowest BCUT2D eigenvalue weighted by molar-refractivity contribution is 0.0655. The number of furan rings is 1. The van der Waals surface area contributed by atoms with Gasteiger partial charge in [0, 0.05) is 24.6 Å². The molecule has 144 valence electrons. The normalized spacial score (nSPS) is 17.3. The fraction of sp³-hybridized carbons (Fsp3) is 0.350. The van der Waals surface area contributed by atoms with Gasteiger partial charge >= 0.3 is 0 Å². The van der Waals surface area contributed by atoms with Gasteiger partial charge in [0.2, 0.25) is 0 Å². The Bertz CT molecular complexity index is 937. The number of hydrogen-bond acceptors (Lipinski definition) is 6. The van der Waals surface area contributed by atoms with Crippen LogP contribution in [-0.4, -0.2) is 49.4 Å². The molecule has 1 unspecified atom stereocenters. The summed E-state index contributed by atoms with van der Waals surface area (Å²) in [6, 6.07) is 10.4. The molecule has 2 aromatic heterocycles. The van der Waals surface area contributed by atoms with Crippen LogP contribution >= 0.6 is 0 Å². The second kappa shape index (κ2) is 8.16. The van der Waals surface area contributed by atoms with Gasteiger partial charge in [-0.15, -0.1) is 5.10 Å². The molecule has 8 heteroatoms. The van der Waals surface area contributed by atoms with Crippen LogP contribution in [0.1, 0.15) is 53.0 Å². The molecule has 28 heavy (non-hydrogen) atoms. The SMILES string of the molecule is O=C(CC1CCCCCN1C(=O)c1cccc(-n2cnnn2)c1)c1ccco1. The average Bonchev–Trinajstić information content (AvgIpc) is 3.40. The molecule has 1 aromatic carbocycles. The van der Waals surface area contributed by atoms with Crippen molar-refractivity contribution in [2.75, 3.05) is 6.54 Å². The van der Waals surface area contributed by atoms with E-state index in [2.05, 4.69) is 15.5 Å². The Morgan fingerprint density at radius 1 is 1.14 bits per heavy atom. The van der Waals surface area contributed by atoms with Crippen molar-refractivity contribution in [2.45, 2.75) is 38.1 Å². The number of hydrogen-bond donors (Lipinski definition) is 0. The third-order valence-electron chi connectivity index (χ3n) is 5.06. The molecule has 8 nitrogen and oxygen atoms in total. The van der Waals surface area contributed by atoms with Gasteiger partial charge in [-0.1, -0.05) is 18.9 Å². The maximum absolute atomic E-state index is 13.3. The number of rotatable bonds is 5. The zero-order valence-electron chi connectivity index (χ0n) is 15.4. The number of benzene rings is 1. The van der Waals surface area contributed by atoms with Crippen molar-refractivity contribution >= 4 is 11.7 Å². The van der Waals surface area contributed by atoms with Crippen molar-refractivity contribution in [3.63, 3.8) is 0 Å². The van der Waals surface area contributed by atoms with Crippen LogP contribution in [0.25, 0.3) is 5.69 Å². The summed E-state index contributed by atoms with van der Waals surface area (Å²) in [5.74, 6) is 0.198. The van der Waals surface area contributed by atoms with Crippen LogP contribution in [0.3, 0.4) is 0 Å². The smallest absolute Gasteiger partial charge is 0.254 e. The first kappa shape index (κ1) is 18.1. The van der Waals surface area contributed by atoms with Crippen LogP contribution in [0, 0.1) is 0 Å². The predicted octanol–water partition coefficient (Wildman–Crippen LogP) is 2.91. The first-order chi connectivity index (χ1) is 13.7. The van der Waals surface area contributed by atoms with Gasteiger partial charge in [0.05, 0.1) is 12.0 Å². The Labute approximate surface area is 162 Å². The molecule has 1 aliphatic rings. The van der Waals surface area contributed by atoms with E-state index in [4.69, 9.17) is 4.42 Å². The summed E-state index contributed by atoms with van der Waals surface area (Å²) in [4.78, 5) is 27.7. The molecule has 0 spiro atoms. The van der Waals surface area contributed by atoms with Crippen LogP contribution in [0.15, 0.2) is 53.4 Å². The fourth-order valence-electron chi connectivity index (χ4n) is 3.64. The quantitative estimate of drug-likeness (QED) is 0.633. The highest BCUT2D eigenvalue weighted by Crippen LogP contribution is 2.24. The molecule has 1 aliphatic heterocycles. The summed E-state index contributed by atoms with van der Waals surface area (Å²) < 4.78 is 6.74. The summed E-state index contributed by atoms with van der Waals surface area (Å²) in [6.45, 7) is 0.643. The molecule has 1 fully saturated rings. The summed E-state index contributed by atoms with van der Waals surface area (Å²) >= 11 is 0. The molecule has 0 aliphatic carbocycles. The van der Waals surface area contributed by atoms with E-state index in [0.717, 1.165) is 25.7 Å². The van der Waals surface area contributed by atoms with Gasteiger partial charge in [0.1, 0.15) is 6.33 Å². The minimum Gasteiger partial charge on any atom is -0.461 e. The molecule has 3 aromatic rings. The van der Waals surface area contributed by atoms with Crippen molar-refractivity contribution in [3.8, 4) is 5.69 Å². The van der Waals surface area contributed by atoms with Crippen molar-refractivity contribution in [1.29, 1.82) is 0 Å². The average molecular weight is 379 g/mol. The van der Waals surface area contributed by atoms with E-state index in [1.165, 1.54) is 17.3 Å². The number of carbonyl (C=O) groups excluding carboxylic acids is 2. The van der Waals surface area contributed by atoms with Crippen molar-refractivity contribution in [2.24, 2.45) is 0 Å². The van der Waals surface area contributed by atoms with Crippen molar-refractivity contribution in [3.05, 3.63) is 60.3 Å². The summed E-state index contributed by atoms with van der Waals surface area (Å²) in [6.07, 6.45) is 7.05. The Balaban J connectivity index is 1.56. The van der Waals surface area contributed by atoms with E-state index in [1.807, 2.05) is 17.0 Å². The lowest BCUT2D eigenvalue weighted by Gasteiger charge is -2.29. The lowest BCUT2D eigenvalue weighted by atomic mass is 10.0. The third kappa shape index (κ3) is 3.85. The fourth-order valence-corrected chi connectivity index (χ4v) is 3.64. The van der Waals surface area contributed by atoms with E-state index in [-0.39, 0.29) is 24.2 Å². The van der Waals surface area contributed by atoms with Crippen LogP contribution in [-0.2, 0) is 0 Å².